The van der Waals surface area contributed by atoms with Crippen LogP contribution in [0.1, 0.15) is 16.7 Å². The highest BCUT2D eigenvalue weighted by molar-refractivity contribution is 5.93. The molecular formula is C24H18O3. The Bertz CT molecular complexity index is 1120. The minimum absolute atomic E-state index is 0.665. The molecule has 3 nitrogen and oxygen atoms in total. The zero-order valence-corrected chi connectivity index (χ0v) is 14.8. The Labute approximate surface area is 157 Å². The Balaban J connectivity index is 1.90. The second kappa shape index (κ2) is 5.86. The van der Waals surface area contributed by atoms with E-state index in [1.54, 1.807) is 7.11 Å². The maximum atomic E-state index is 12.2. The van der Waals surface area contributed by atoms with Crippen molar-refractivity contribution in [2.24, 2.45) is 0 Å². The minimum atomic E-state index is -1.32. The number of para-hydroxylation sites is 2. The molecule has 0 amide bonds. The van der Waals surface area contributed by atoms with Crippen LogP contribution in [0.5, 0.6) is 17.2 Å². The van der Waals surface area contributed by atoms with Crippen molar-refractivity contribution in [3.8, 4) is 17.2 Å². The normalized spacial score (nSPS) is 14.1. The van der Waals surface area contributed by atoms with Gasteiger partial charge in [0, 0.05) is 22.1 Å². The Morgan fingerprint density at radius 3 is 1.85 bits per heavy atom. The standard InChI is InChI=1S/C24H18O3/c1-26-21-15-14-18(16-8-2-3-9-17(16)21)24(25)19-10-4-6-12-22(19)27-23-13-7-5-11-20(23)24/h2-15,25H,1H3. The molecule has 1 heterocycles. The summed E-state index contributed by atoms with van der Waals surface area (Å²) in [6, 6.07) is 27.1. The molecule has 0 radical (unpaired) electrons. The monoisotopic (exact) mass is 354 g/mol. The van der Waals surface area contributed by atoms with Crippen LogP contribution in [-0.4, -0.2) is 12.2 Å². The van der Waals surface area contributed by atoms with E-state index in [1.165, 1.54) is 0 Å². The van der Waals surface area contributed by atoms with Gasteiger partial charge < -0.3 is 14.6 Å². The van der Waals surface area contributed by atoms with Crippen molar-refractivity contribution in [2.45, 2.75) is 5.60 Å². The van der Waals surface area contributed by atoms with E-state index in [0.717, 1.165) is 33.2 Å². The lowest BCUT2D eigenvalue weighted by molar-refractivity contribution is 0.114. The molecule has 3 heteroatoms. The molecule has 132 valence electrons. The lowest BCUT2D eigenvalue weighted by Gasteiger charge is -2.37. The minimum Gasteiger partial charge on any atom is -0.496 e. The molecule has 1 aliphatic heterocycles. The van der Waals surface area contributed by atoms with Gasteiger partial charge >= 0.3 is 0 Å². The number of hydrogen-bond donors (Lipinski definition) is 1. The summed E-state index contributed by atoms with van der Waals surface area (Å²) < 4.78 is 11.6. The maximum absolute atomic E-state index is 12.2. The Morgan fingerprint density at radius 1 is 0.667 bits per heavy atom. The van der Waals surface area contributed by atoms with Gasteiger partial charge in [0.25, 0.3) is 0 Å². The molecule has 4 aromatic rings. The molecule has 0 fully saturated rings. The molecule has 0 spiro atoms. The zero-order valence-electron chi connectivity index (χ0n) is 14.8. The predicted molar refractivity (Wildman–Crippen MR) is 106 cm³/mol. The number of benzene rings is 4. The Kier molecular flexibility index (Phi) is 3.46. The number of methoxy groups -OCH3 is 1. The van der Waals surface area contributed by atoms with Crippen LogP contribution >= 0.6 is 0 Å². The molecule has 0 unspecified atom stereocenters. The SMILES string of the molecule is COc1ccc(C2(O)c3ccccc3Oc3ccccc32)c2ccccc12. The summed E-state index contributed by atoms with van der Waals surface area (Å²) in [6.45, 7) is 0. The third-order valence-electron chi connectivity index (χ3n) is 5.27. The molecule has 0 bridgehead atoms. The van der Waals surface area contributed by atoms with E-state index < -0.39 is 5.60 Å². The Hall–Kier alpha value is -3.30. The van der Waals surface area contributed by atoms with E-state index >= 15 is 0 Å². The molecule has 0 saturated carbocycles. The van der Waals surface area contributed by atoms with Gasteiger partial charge in [-0.25, -0.2) is 0 Å². The van der Waals surface area contributed by atoms with Crippen LogP contribution in [0.15, 0.2) is 84.9 Å². The van der Waals surface area contributed by atoms with E-state index in [9.17, 15) is 5.11 Å². The van der Waals surface area contributed by atoms with Crippen LogP contribution in [0, 0.1) is 0 Å². The number of fused-ring (bicyclic) bond motifs is 3. The first-order valence-corrected chi connectivity index (χ1v) is 8.89. The molecule has 27 heavy (non-hydrogen) atoms. The first-order valence-electron chi connectivity index (χ1n) is 8.89. The van der Waals surface area contributed by atoms with Gasteiger partial charge in [-0.15, -0.1) is 0 Å². The highest BCUT2D eigenvalue weighted by Crippen LogP contribution is 2.51. The van der Waals surface area contributed by atoms with Crippen LogP contribution in [0.3, 0.4) is 0 Å². The summed E-state index contributed by atoms with van der Waals surface area (Å²) in [6.07, 6.45) is 0. The molecule has 5 rings (SSSR count). The summed E-state index contributed by atoms with van der Waals surface area (Å²) >= 11 is 0. The Morgan fingerprint density at radius 2 is 1.22 bits per heavy atom. The first kappa shape index (κ1) is 15.9. The zero-order chi connectivity index (χ0) is 18.4. The summed E-state index contributed by atoms with van der Waals surface area (Å²) in [5.74, 6) is 2.11. The average Bonchev–Trinajstić information content (AvgIpc) is 2.73. The highest BCUT2D eigenvalue weighted by atomic mass is 16.5. The summed E-state index contributed by atoms with van der Waals surface area (Å²) in [5, 5.41) is 14.1. The molecule has 1 aliphatic rings. The predicted octanol–water partition coefficient (Wildman–Crippen LogP) is 5.24. The highest BCUT2D eigenvalue weighted by Gasteiger charge is 2.42. The van der Waals surface area contributed by atoms with Crippen LogP contribution in [0.25, 0.3) is 10.8 Å². The third-order valence-corrected chi connectivity index (χ3v) is 5.27. The van der Waals surface area contributed by atoms with Crippen molar-refractivity contribution in [1.82, 2.24) is 0 Å². The smallest absolute Gasteiger partial charge is 0.148 e. The molecule has 4 aromatic carbocycles. The van der Waals surface area contributed by atoms with E-state index in [4.69, 9.17) is 9.47 Å². The van der Waals surface area contributed by atoms with Gasteiger partial charge in [0.05, 0.1) is 7.11 Å². The van der Waals surface area contributed by atoms with Crippen LogP contribution in [0.4, 0.5) is 0 Å². The summed E-state index contributed by atoms with van der Waals surface area (Å²) in [5.41, 5.74) is 0.956. The lowest BCUT2D eigenvalue weighted by atomic mass is 9.76. The molecule has 0 aliphatic carbocycles. The van der Waals surface area contributed by atoms with E-state index in [1.807, 2.05) is 84.9 Å². The largest absolute Gasteiger partial charge is 0.496 e. The second-order valence-corrected chi connectivity index (χ2v) is 6.67. The lowest BCUT2D eigenvalue weighted by Crippen LogP contribution is -2.32. The van der Waals surface area contributed by atoms with Crippen LogP contribution in [0.2, 0.25) is 0 Å². The van der Waals surface area contributed by atoms with Crippen molar-refractivity contribution < 1.29 is 14.6 Å². The van der Waals surface area contributed by atoms with Gasteiger partial charge in [0.2, 0.25) is 0 Å². The molecular weight excluding hydrogens is 336 g/mol. The summed E-state index contributed by atoms with van der Waals surface area (Å²) in [7, 11) is 1.66. The number of aliphatic hydroxyl groups is 1. The number of rotatable bonds is 2. The van der Waals surface area contributed by atoms with E-state index in [2.05, 4.69) is 0 Å². The first-order chi connectivity index (χ1) is 13.2. The van der Waals surface area contributed by atoms with E-state index in [-0.39, 0.29) is 0 Å². The van der Waals surface area contributed by atoms with Gasteiger partial charge in [0.15, 0.2) is 0 Å². The fourth-order valence-corrected chi connectivity index (χ4v) is 4.03. The van der Waals surface area contributed by atoms with Crippen molar-refractivity contribution >= 4 is 10.8 Å². The molecule has 0 aromatic heterocycles. The molecule has 0 saturated heterocycles. The van der Waals surface area contributed by atoms with Crippen molar-refractivity contribution in [2.75, 3.05) is 7.11 Å². The van der Waals surface area contributed by atoms with Crippen LogP contribution < -0.4 is 9.47 Å². The van der Waals surface area contributed by atoms with Crippen LogP contribution in [-0.2, 0) is 5.60 Å². The summed E-state index contributed by atoms with van der Waals surface area (Å²) in [4.78, 5) is 0. The number of hydrogen-bond acceptors (Lipinski definition) is 3. The quantitative estimate of drug-likeness (QED) is 0.535. The van der Waals surface area contributed by atoms with Gasteiger partial charge in [0.1, 0.15) is 22.8 Å². The van der Waals surface area contributed by atoms with Gasteiger partial charge in [-0.3, -0.25) is 0 Å². The van der Waals surface area contributed by atoms with Gasteiger partial charge in [-0.1, -0.05) is 66.7 Å². The second-order valence-electron chi connectivity index (χ2n) is 6.67. The average molecular weight is 354 g/mol. The third kappa shape index (κ3) is 2.19. The van der Waals surface area contributed by atoms with E-state index in [0.29, 0.717) is 11.5 Å². The van der Waals surface area contributed by atoms with Crippen molar-refractivity contribution in [1.29, 1.82) is 0 Å². The van der Waals surface area contributed by atoms with Gasteiger partial charge in [-0.05, 0) is 23.6 Å². The van der Waals surface area contributed by atoms with Crippen molar-refractivity contribution in [3.63, 3.8) is 0 Å². The maximum Gasteiger partial charge on any atom is 0.148 e. The topological polar surface area (TPSA) is 38.7 Å². The molecule has 0 atom stereocenters. The fraction of sp³-hybridized carbons (Fsp3) is 0.0833. The fourth-order valence-electron chi connectivity index (χ4n) is 4.03. The van der Waals surface area contributed by atoms with Crippen molar-refractivity contribution in [3.05, 3.63) is 102 Å². The van der Waals surface area contributed by atoms with Gasteiger partial charge in [-0.2, -0.15) is 0 Å². The molecule has 1 N–H and O–H groups in total. The number of ether oxygens (including phenoxy) is 2.